The minimum atomic E-state index is -0.515. The van der Waals surface area contributed by atoms with Crippen molar-refractivity contribution in [3.63, 3.8) is 0 Å². The topological polar surface area (TPSA) is 46.5 Å². The lowest BCUT2D eigenvalue weighted by Crippen LogP contribution is -2.23. The van der Waals surface area contributed by atoms with Gasteiger partial charge in [0, 0.05) is 4.48 Å². The molecule has 0 spiro atoms. The van der Waals surface area contributed by atoms with E-state index in [0.717, 1.165) is 12.8 Å². The maximum Gasteiger partial charge on any atom is 0.311 e. The number of unbranched alkanes of at least 4 members (excludes halogenated alkanes) is 1. The zero-order valence-corrected chi connectivity index (χ0v) is 11.8. The maximum absolute atomic E-state index is 11.4. The van der Waals surface area contributed by atoms with E-state index in [0.29, 0.717) is 17.5 Å². The predicted octanol–water partition coefficient (Wildman–Crippen LogP) is 3.02. The molecule has 0 heterocycles. The Morgan fingerprint density at radius 1 is 1.44 bits per heavy atom. The number of carbonyl (C=O) groups excluding carboxylic acids is 1. The number of esters is 1. The molecule has 0 fully saturated rings. The normalized spacial score (nSPS) is 13.3. The third-order valence-corrected chi connectivity index (χ3v) is 2.61. The van der Waals surface area contributed by atoms with Crippen LogP contribution in [0.15, 0.2) is 11.1 Å². The summed E-state index contributed by atoms with van der Waals surface area (Å²) >= 11 is 3.13. The Hall–Kier alpha value is -0.350. The summed E-state index contributed by atoms with van der Waals surface area (Å²) in [6, 6.07) is 0. The van der Waals surface area contributed by atoms with E-state index in [4.69, 9.17) is 4.74 Å². The third kappa shape index (κ3) is 7.01. The molecule has 0 aliphatic heterocycles. The SMILES string of the molecule is C=C(Br)C(O)CCCCOC(=O)C(C)(C)C. The first-order valence-electron chi connectivity index (χ1n) is 5.44. The van der Waals surface area contributed by atoms with Crippen LogP contribution in [-0.4, -0.2) is 23.8 Å². The van der Waals surface area contributed by atoms with Crippen molar-refractivity contribution in [3.05, 3.63) is 11.1 Å². The third-order valence-electron chi connectivity index (χ3n) is 2.08. The van der Waals surface area contributed by atoms with Gasteiger partial charge in [-0.05, 0) is 40.0 Å². The largest absolute Gasteiger partial charge is 0.465 e. The summed E-state index contributed by atoms with van der Waals surface area (Å²) in [5, 5.41) is 9.41. The van der Waals surface area contributed by atoms with Gasteiger partial charge in [-0.25, -0.2) is 0 Å². The van der Waals surface area contributed by atoms with Gasteiger partial charge >= 0.3 is 5.97 Å². The lowest BCUT2D eigenvalue weighted by atomic mass is 9.97. The molecule has 0 aromatic carbocycles. The molecule has 0 radical (unpaired) electrons. The van der Waals surface area contributed by atoms with Gasteiger partial charge in [-0.1, -0.05) is 22.5 Å². The van der Waals surface area contributed by atoms with E-state index in [1.807, 2.05) is 20.8 Å². The van der Waals surface area contributed by atoms with E-state index in [1.54, 1.807) is 0 Å². The van der Waals surface area contributed by atoms with Gasteiger partial charge in [0.15, 0.2) is 0 Å². The summed E-state index contributed by atoms with van der Waals surface area (Å²) in [7, 11) is 0. The molecule has 0 aromatic heterocycles. The van der Waals surface area contributed by atoms with Crippen LogP contribution >= 0.6 is 15.9 Å². The quantitative estimate of drug-likeness (QED) is 0.605. The van der Waals surface area contributed by atoms with Crippen LogP contribution in [0.5, 0.6) is 0 Å². The van der Waals surface area contributed by atoms with E-state index in [9.17, 15) is 9.90 Å². The molecule has 0 aromatic rings. The number of aliphatic hydroxyl groups excluding tert-OH is 1. The van der Waals surface area contributed by atoms with E-state index in [-0.39, 0.29) is 5.97 Å². The molecule has 1 N–H and O–H groups in total. The molecule has 94 valence electrons. The molecular formula is C12H21BrO3. The van der Waals surface area contributed by atoms with Crippen molar-refractivity contribution in [3.8, 4) is 0 Å². The molecule has 16 heavy (non-hydrogen) atoms. The van der Waals surface area contributed by atoms with Crippen LogP contribution in [0, 0.1) is 5.41 Å². The maximum atomic E-state index is 11.4. The predicted molar refractivity (Wildman–Crippen MR) is 68.3 cm³/mol. The Kier molecular flexibility index (Phi) is 6.91. The fraction of sp³-hybridized carbons (Fsp3) is 0.750. The average molecular weight is 293 g/mol. The van der Waals surface area contributed by atoms with Crippen molar-refractivity contribution >= 4 is 21.9 Å². The monoisotopic (exact) mass is 292 g/mol. The number of hydrogen-bond acceptors (Lipinski definition) is 3. The molecule has 1 unspecified atom stereocenters. The molecule has 0 aliphatic carbocycles. The van der Waals surface area contributed by atoms with Crippen LogP contribution in [-0.2, 0) is 9.53 Å². The Balaban J connectivity index is 3.55. The second kappa shape index (κ2) is 7.07. The highest BCUT2D eigenvalue weighted by molar-refractivity contribution is 9.11. The molecule has 1 atom stereocenters. The summed E-state index contributed by atoms with van der Waals surface area (Å²) in [5.41, 5.74) is -0.441. The molecule has 0 rings (SSSR count). The average Bonchev–Trinajstić information content (AvgIpc) is 2.14. The minimum Gasteiger partial charge on any atom is -0.465 e. The van der Waals surface area contributed by atoms with Gasteiger partial charge < -0.3 is 9.84 Å². The van der Waals surface area contributed by atoms with E-state index < -0.39 is 11.5 Å². The Morgan fingerprint density at radius 2 is 2.00 bits per heavy atom. The highest BCUT2D eigenvalue weighted by Gasteiger charge is 2.22. The number of carbonyl (C=O) groups is 1. The molecule has 0 saturated carbocycles. The number of ether oxygens (including phenoxy) is 1. The van der Waals surface area contributed by atoms with Crippen LogP contribution in [0.1, 0.15) is 40.0 Å². The van der Waals surface area contributed by atoms with Crippen LogP contribution < -0.4 is 0 Å². The lowest BCUT2D eigenvalue weighted by molar-refractivity contribution is -0.153. The fourth-order valence-corrected chi connectivity index (χ4v) is 1.21. The molecule has 0 aliphatic rings. The summed E-state index contributed by atoms with van der Waals surface area (Å²) in [6.45, 7) is 9.49. The Labute approximate surface area is 106 Å². The Bertz CT molecular complexity index is 243. The number of rotatable bonds is 6. The lowest BCUT2D eigenvalue weighted by Gasteiger charge is -2.16. The number of hydrogen-bond donors (Lipinski definition) is 1. The smallest absolute Gasteiger partial charge is 0.311 e. The second-order valence-electron chi connectivity index (χ2n) is 4.84. The van der Waals surface area contributed by atoms with Gasteiger partial charge in [-0.3, -0.25) is 4.79 Å². The van der Waals surface area contributed by atoms with Crippen molar-refractivity contribution in [2.24, 2.45) is 5.41 Å². The van der Waals surface area contributed by atoms with Crippen molar-refractivity contribution in [2.45, 2.75) is 46.1 Å². The standard InChI is InChI=1S/C12H21BrO3/c1-9(13)10(14)7-5-6-8-16-11(15)12(2,3)4/h10,14H,1,5-8H2,2-4H3. The first-order valence-corrected chi connectivity index (χ1v) is 6.24. The van der Waals surface area contributed by atoms with Gasteiger partial charge in [0.05, 0.1) is 18.1 Å². The zero-order chi connectivity index (χ0) is 12.8. The van der Waals surface area contributed by atoms with Crippen molar-refractivity contribution in [1.82, 2.24) is 0 Å². The summed E-state index contributed by atoms with van der Waals surface area (Å²) in [6.07, 6.45) is 1.69. The Morgan fingerprint density at radius 3 is 2.44 bits per heavy atom. The van der Waals surface area contributed by atoms with Gasteiger partial charge in [0.25, 0.3) is 0 Å². The molecular weight excluding hydrogens is 272 g/mol. The summed E-state index contributed by atoms with van der Waals surface area (Å²) in [4.78, 5) is 11.4. The molecule has 4 heteroatoms. The van der Waals surface area contributed by atoms with Crippen LogP contribution in [0.4, 0.5) is 0 Å². The van der Waals surface area contributed by atoms with E-state index in [2.05, 4.69) is 22.5 Å². The summed E-state index contributed by atoms with van der Waals surface area (Å²) < 4.78 is 5.69. The van der Waals surface area contributed by atoms with Crippen LogP contribution in [0.25, 0.3) is 0 Å². The minimum absolute atomic E-state index is 0.182. The van der Waals surface area contributed by atoms with Gasteiger partial charge in [0.2, 0.25) is 0 Å². The van der Waals surface area contributed by atoms with Crippen LogP contribution in [0.2, 0.25) is 0 Å². The second-order valence-corrected chi connectivity index (χ2v) is 5.86. The molecule has 0 bridgehead atoms. The molecule has 0 saturated heterocycles. The van der Waals surface area contributed by atoms with Crippen molar-refractivity contribution in [1.29, 1.82) is 0 Å². The molecule has 0 amide bonds. The fourth-order valence-electron chi connectivity index (χ4n) is 0.978. The first kappa shape index (κ1) is 15.7. The van der Waals surface area contributed by atoms with Crippen LogP contribution in [0.3, 0.4) is 0 Å². The van der Waals surface area contributed by atoms with E-state index >= 15 is 0 Å². The molecule has 3 nitrogen and oxygen atoms in total. The zero-order valence-electron chi connectivity index (χ0n) is 10.3. The van der Waals surface area contributed by atoms with Crippen molar-refractivity contribution < 1.29 is 14.6 Å². The van der Waals surface area contributed by atoms with Gasteiger partial charge in [-0.15, -0.1) is 0 Å². The summed E-state index contributed by atoms with van der Waals surface area (Å²) in [5.74, 6) is -0.182. The van der Waals surface area contributed by atoms with Gasteiger partial charge in [-0.2, -0.15) is 0 Å². The highest BCUT2D eigenvalue weighted by Crippen LogP contribution is 2.16. The van der Waals surface area contributed by atoms with E-state index in [1.165, 1.54) is 0 Å². The van der Waals surface area contributed by atoms with Crippen molar-refractivity contribution in [2.75, 3.05) is 6.61 Å². The number of halogens is 1. The first-order chi connectivity index (χ1) is 7.25. The highest BCUT2D eigenvalue weighted by atomic mass is 79.9. The number of aliphatic hydroxyl groups is 1. The van der Waals surface area contributed by atoms with Gasteiger partial charge in [0.1, 0.15) is 0 Å².